The first kappa shape index (κ1) is 21.2. The zero-order chi connectivity index (χ0) is 22.2. The summed E-state index contributed by atoms with van der Waals surface area (Å²) in [5, 5.41) is 3.54. The normalized spacial score (nSPS) is 16.2. The van der Waals surface area contributed by atoms with Crippen LogP contribution >= 0.6 is 0 Å². The van der Waals surface area contributed by atoms with E-state index in [0.717, 1.165) is 0 Å². The number of aromatic nitrogens is 1. The van der Waals surface area contributed by atoms with Gasteiger partial charge in [-0.3, -0.25) is 4.79 Å². The molecule has 2 N–H and O–H groups in total. The van der Waals surface area contributed by atoms with Crippen LogP contribution in [0.1, 0.15) is 24.8 Å². The molecule has 0 aliphatic heterocycles. The van der Waals surface area contributed by atoms with Crippen molar-refractivity contribution < 1.29 is 22.3 Å². The van der Waals surface area contributed by atoms with E-state index in [2.05, 4.69) is 10.3 Å². The zero-order valence-corrected chi connectivity index (χ0v) is 16.9. The first-order valence-corrected chi connectivity index (χ1v) is 9.99. The van der Waals surface area contributed by atoms with E-state index >= 15 is 0 Å². The van der Waals surface area contributed by atoms with Crippen molar-refractivity contribution >= 4 is 16.6 Å². The van der Waals surface area contributed by atoms with Crippen LogP contribution in [0.3, 0.4) is 0 Å². The van der Waals surface area contributed by atoms with E-state index in [1.54, 1.807) is 30.3 Å². The van der Waals surface area contributed by atoms with Gasteiger partial charge in [0.15, 0.2) is 11.6 Å². The monoisotopic (exact) mass is 434 g/mol. The van der Waals surface area contributed by atoms with Gasteiger partial charge in [-0.2, -0.15) is 13.2 Å². The average molecular weight is 434 g/mol. The molecule has 0 spiro atoms. The molecule has 1 aliphatic carbocycles. The highest BCUT2D eigenvalue weighted by atomic mass is 19.4. The number of hydrogen-bond donors (Lipinski definition) is 2. The Kier molecular flexibility index (Phi) is 5.41. The molecule has 31 heavy (non-hydrogen) atoms. The third-order valence-electron chi connectivity index (χ3n) is 6.00. The van der Waals surface area contributed by atoms with Gasteiger partial charge >= 0.3 is 6.18 Å². The van der Waals surface area contributed by atoms with Gasteiger partial charge in [-0.1, -0.05) is 18.2 Å². The molecule has 1 saturated carbocycles. The highest BCUT2D eigenvalue weighted by Gasteiger charge is 2.52. The zero-order valence-electron chi connectivity index (χ0n) is 16.9. The lowest BCUT2D eigenvalue weighted by molar-refractivity contribution is -0.174. The summed E-state index contributed by atoms with van der Waals surface area (Å²) in [4.78, 5) is 14.2. The van der Waals surface area contributed by atoms with Gasteiger partial charge in [0.1, 0.15) is 0 Å². The van der Waals surface area contributed by atoms with Crippen molar-refractivity contribution in [3.8, 4) is 5.75 Å². The predicted molar refractivity (Wildman–Crippen MR) is 111 cm³/mol. The lowest BCUT2D eigenvalue weighted by Crippen LogP contribution is -2.33. The number of methoxy groups -OCH3 is 1. The number of H-pyrrole nitrogens is 1. The number of anilines is 1. The standard InChI is InChI=1S/C23H22F4N2O2/c1-31-21-16(4-2-5-17(21)24)22(10-11-22)12-14(23(25,26)27)13-28-18-6-3-7-19-15(18)8-9-20(30)29-19/h2-9,14,28H,10-13H2,1H3,(H,29,30). The van der Waals surface area contributed by atoms with Crippen LogP contribution in [-0.4, -0.2) is 24.8 Å². The molecule has 1 heterocycles. The van der Waals surface area contributed by atoms with Gasteiger partial charge in [0.2, 0.25) is 5.56 Å². The topological polar surface area (TPSA) is 54.1 Å². The Balaban J connectivity index is 1.59. The van der Waals surface area contributed by atoms with Gasteiger partial charge in [-0.25, -0.2) is 4.39 Å². The number of alkyl halides is 3. The number of nitrogens with one attached hydrogen (secondary N) is 2. The summed E-state index contributed by atoms with van der Waals surface area (Å²) in [6.45, 7) is -0.332. The van der Waals surface area contributed by atoms with Crippen molar-refractivity contribution in [2.75, 3.05) is 19.0 Å². The minimum Gasteiger partial charge on any atom is -0.493 e. The lowest BCUT2D eigenvalue weighted by atomic mass is 9.84. The molecule has 2 aromatic carbocycles. The Hall–Kier alpha value is -3.03. The second kappa shape index (κ2) is 7.90. The van der Waals surface area contributed by atoms with Crippen molar-refractivity contribution in [3.05, 3.63) is 70.3 Å². The minimum absolute atomic E-state index is 0.0203. The van der Waals surface area contributed by atoms with Gasteiger partial charge in [0.25, 0.3) is 0 Å². The number of hydrogen-bond acceptors (Lipinski definition) is 3. The maximum Gasteiger partial charge on any atom is 0.393 e. The number of para-hydroxylation sites is 1. The highest BCUT2D eigenvalue weighted by Crippen LogP contribution is 2.57. The Morgan fingerprint density at radius 3 is 2.55 bits per heavy atom. The van der Waals surface area contributed by atoms with E-state index in [4.69, 9.17) is 4.74 Å². The van der Waals surface area contributed by atoms with Crippen LogP contribution in [0.2, 0.25) is 0 Å². The fourth-order valence-electron chi connectivity index (χ4n) is 4.22. The van der Waals surface area contributed by atoms with E-state index in [0.29, 0.717) is 35.0 Å². The van der Waals surface area contributed by atoms with Gasteiger partial charge in [0.05, 0.1) is 18.5 Å². The van der Waals surface area contributed by atoms with Crippen LogP contribution in [0.25, 0.3) is 10.9 Å². The molecule has 3 aromatic rings. The summed E-state index contributed by atoms with van der Waals surface area (Å²) < 4.78 is 61.1. The van der Waals surface area contributed by atoms with Gasteiger partial charge in [0, 0.05) is 29.2 Å². The SMILES string of the molecule is COc1c(F)cccc1C1(CC(CNc2cccc3[nH]c(=O)ccc23)C(F)(F)F)CC1. The Labute approximate surface area is 176 Å². The fourth-order valence-corrected chi connectivity index (χ4v) is 4.22. The number of pyridine rings is 1. The van der Waals surface area contributed by atoms with E-state index in [9.17, 15) is 22.4 Å². The molecule has 4 rings (SSSR count). The van der Waals surface area contributed by atoms with Crippen molar-refractivity contribution in [3.63, 3.8) is 0 Å². The maximum absolute atomic E-state index is 14.1. The van der Waals surface area contributed by atoms with Crippen LogP contribution < -0.4 is 15.6 Å². The van der Waals surface area contributed by atoms with Crippen LogP contribution in [0.15, 0.2) is 53.3 Å². The van der Waals surface area contributed by atoms with Crippen molar-refractivity contribution in [1.82, 2.24) is 4.98 Å². The average Bonchev–Trinajstić information content (AvgIpc) is 3.50. The van der Waals surface area contributed by atoms with Crippen molar-refractivity contribution in [2.24, 2.45) is 5.92 Å². The van der Waals surface area contributed by atoms with Crippen LogP contribution in [0, 0.1) is 11.7 Å². The molecule has 1 aromatic heterocycles. The van der Waals surface area contributed by atoms with Crippen molar-refractivity contribution in [1.29, 1.82) is 0 Å². The maximum atomic E-state index is 14.1. The largest absolute Gasteiger partial charge is 0.493 e. The predicted octanol–water partition coefficient (Wildman–Crippen LogP) is 5.39. The molecule has 4 nitrogen and oxygen atoms in total. The Morgan fingerprint density at radius 2 is 1.87 bits per heavy atom. The van der Waals surface area contributed by atoms with Crippen LogP contribution in [0.4, 0.5) is 23.2 Å². The van der Waals surface area contributed by atoms with E-state index in [1.807, 2.05) is 0 Å². The molecule has 0 saturated heterocycles. The lowest BCUT2D eigenvalue weighted by Gasteiger charge is -2.27. The summed E-state index contributed by atoms with van der Waals surface area (Å²) in [7, 11) is 1.33. The molecule has 1 unspecified atom stereocenters. The van der Waals surface area contributed by atoms with Gasteiger partial charge in [-0.15, -0.1) is 0 Å². The third-order valence-corrected chi connectivity index (χ3v) is 6.00. The summed E-state index contributed by atoms with van der Waals surface area (Å²) in [6.07, 6.45) is -3.49. The molecule has 0 radical (unpaired) electrons. The van der Waals surface area contributed by atoms with Crippen LogP contribution in [0.5, 0.6) is 5.75 Å². The number of aromatic amines is 1. The van der Waals surface area contributed by atoms with E-state index in [-0.39, 0.29) is 24.3 Å². The molecular formula is C23H22F4N2O2. The van der Waals surface area contributed by atoms with Gasteiger partial charge < -0.3 is 15.0 Å². The Bertz CT molecular complexity index is 1150. The molecule has 0 bridgehead atoms. The quantitative estimate of drug-likeness (QED) is 0.491. The molecule has 1 atom stereocenters. The fraction of sp³-hybridized carbons (Fsp3) is 0.348. The number of halogens is 4. The smallest absolute Gasteiger partial charge is 0.393 e. The molecule has 1 fully saturated rings. The molecule has 164 valence electrons. The first-order chi connectivity index (χ1) is 14.7. The molecule has 8 heteroatoms. The summed E-state index contributed by atoms with van der Waals surface area (Å²) in [5.41, 5.74) is 0.518. The van der Waals surface area contributed by atoms with Crippen LogP contribution in [-0.2, 0) is 5.41 Å². The molecular weight excluding hydrogens is 412 g/mol. The molecule has 1 aliphatic rings. The Morgan fingerprint density at radius 1 is 1.13 bits per heavy atom. The van der Waals surface area contributed by atoms with Gasteiger partial charge in [-0.05, 0) is 48.9 Å². The van der Waals surface area contributed by atoms with E-state index < -0.39 is 23.3 Å². The van der Waals surface area contributed by atoms with E-state index in [1.165, 1.54) is 25.3 Å². The van der Waals surface area contributed by atoms with Crippen molar-refractivity contribution in [2.45, 2.75) is 30.9 Å². The first-order valence-electron chi connectivity index (χ1n) is 9.99. The third kappa shape index (κ3) is 4.24. The molecule has 0 amide bonds. The summed E-state index contributed by atoms with van der Waals surface area (Å²) in [5.74, 6) is -2.19. The second-order valence-electron chi connectivity index (χ2n) is 8.01. The number of ether oxygens (including phenoxy) is 1. The number of fused-ring (bicyclic) bond motifs is 1. The number of rotatable bonds is 7. The minimum atomic E-state index is -4.43. The highest BCUT2D eigenvalue weighted by molar-refractivity contribution is 5.91. The number of benzene rings is 2. The summed E-state index contributed by atoms with van der Waals surface area (Å²) >= 11 is 0. The second-order valence-corrected chi connectivity index (χ2v) is 8.01. The summed E-state index contributed by atoms with van der Waals surface area (Å²) in [6, 6.07) is 12.4.